The van der Waals surface area contributed by atoms with Gasteiger partial charge in [0, 0.05) is 18.4 Å². The van der Waals surface area contributed by atoms with Crippen molar-refractivity contribution in [2.24, 2.45) is 4.99 Å². The van der Waals surface area contributed by atoms with Gasteiger partial charge < -0.3 is 10.2 Å². The van der Waals surface area contributed by atoms with Gasteiger partial charge in [0.15, 0.2) is 0 Å². The number of amides is 1. The van der Waals surface area contributed by atoms with Gasteiger partial charge in [0.25, 0.3) is 5.91 Å². The third-order valence-electron chi connectivity index (χ3n) is 3.74. The second kappa shape index (κ2) is 9.64. The number of para-hydroxylation sites is 1. The normalized spacial score (nSPS) is 11.0. The Balaban J connectivity index is 2.16. The van der Waals surface area contributed by atoms with Crippen molar-refractivity contribution in [1.29, 1.82) is 0 Å². The highest BCUT2D eigenvalue weighted by atomic mass is 35.5. The van der Waals surface area contributed by atoms with Crippen LogP contribution in [0.15, 0.2) is 70.8 Å². The molecule has 0 fully saturated rings. The first-order valence-electron chi connectivity index (χ1n) is 8.12. The molecule has 0 spiro atoms. The maximum absolute atomic E-state index is 11.6. The molecule has 1 N–H and O–H groups in total. The highest BCUT2D eigenvalue weighted by Gasteiger charge is 2.09. The van der Waals surface area contributed by atoms with Crippen LogP contribution in [-0.4, -0.2) is 24.2 Å². The van der Waals surface area contributed by atoms with Crippen molar-refractivity contribution >= 4 is 29.9 Å². The smallest absolute Gasteiger partial charge is 0.289 e. The number of aryl methyl sites for hydroxylation is 1. The molecule has 130 valence electrons. The Hall–Kier alpha value is -2.59. The fraction of sp³-hybridized carbons (Fsp3) is 0.200. The van der Waals surface area contributed by atoms with E-state index in [9.17, 15) is 4.79 Å². The maximum atomic E-state index is 11.6. The summed E-state index contributed by atoms with van der Waals surface area (Å²) in [6.07, 6.45) is 2.55. The summed E-state index contributed by atoms with van der Waals surface area (Å²) >= 11 is 6.04. The number of carbonyl (C=O) groups is 1. The van der Waals surface area contributed by atoms with Crippen molar-refractivity contribution in [3.63, 3.8) is 0 Å². The second-order valence-corrected chi connectivity index (χ2v) is 5.93. The molecular formula is C20H22ClN3O. The number of aliphatic imine (C=N–C) groups is 1. The Morgan fingerprint density at radius 1 is 1.20 bits per heavy atom. The summed E-state index contributed by atoms with van der Waals surface area (Å²) in [6, 6.07) is 18.2. The molecule has 0 atom stereocenters. The summed E-state index contributed by atoms with van der Waals surface area (Å²) in [5.74, 6) is -0.534. The fourth-order valence-electron chi connectivity index (χ4n) is 2.44. The van der Waals surface area contributed by atoms with Gasteiger partial charge in [-0.1, -0.05) is 67.1 Å². The molecule has 0 saturated carbocycles. The molecule has 0 aliphatic carbocycles. The molecule has 25 heavy (non-hydrogen) atoms. The highest BCUT2D eigenvalue weighted by Crippen LogP contribution is 2.17. The lowest BCUT2D eigenvalue weighted by atomic mass is 10.1. The molecule has 2 aromatic rings. The van der Waals surface area contributed by atoms with Gasteiger partial charge in [-0.2, -0.15) is 0 Å². The summed E-state index contributed by atoms with van der Waals surface area (Å²) in [5, 5.41) is 3.45. The standard InChI is InChI=1S/C20H22ClN3O/c1-3-17-11-7-8-12-19(17)23-15-24(14-18(21)20(25)22-2)13-16-9-5-4-6-10-16/h4-12,14,23H,2-3,13,15H2,1H3/b18-14+. The molecule has 5 heteroatoms. The van der Waals surface area contributed by atoms with E-state index >= 15 is 0 Å². The summed E-state index contributed by atoms with van der Waals surface area (Å²) < 4.78 is 0. The van der Waals surface area contributed by atoms with Crippen LogP contribution in [0.1, 0.15) is 18.1 Å². The van der Waals surface area contributed by atoms with Crippen LogP contribution in [0, 0.1) is 0 Å². The summed E-state index contributed by atoms with van der Waals surface area (Å²) in [7, 11) is 0. The van der Waals surface area contributed by atoms with Crippen molar-refractivity contribution < 1.29 is 4.79 Å². The third kappa shape index (κ3) is 5.76. The van der Waals surface area contributed by atoms with E-state index in [1.54, 1.807) is 6.20 Å². The topological polar surface area (TPSA) is 44.7 Å². The fourth-order valence-corrected chi connectivity index (χ4v) is 2.64. The lowest BCUT2D eigenvalue weighted by Crippen LogP contribution is -2.25. The van der Waals surface area contributed by atoms with Gasteiger partial charge in [-0.25, -0.2) is 4.99 Å². The van der Waals surface area contributed by atoms with Gasteiger partial charge >= 0.3 is 0 Å². The average Bonchev–Trinajstić information content (AvgIpc) is 2.66. The zero-order chi connectivity index (χ0) is 18.1. The highest BCUT2D eigenvalue weighted by molar-refractivity contribution is 6.42. The predicted octanol–water partition coefficient (Wildman–Crippen LogP) is 4.43. The average molecular weight is 356 g/mol. The van der Waals surface area contributed by atoms with Crippen molar-refractivity contribution in [3.05, 3.63) is 77.0 Å². The first-order valence-corrected chi connectivity index (χ1v) is 8.50. The van der Waals surface area contributed by atoms with Crippen LogP contribution in [0.3, 0.4) is 0 Å². The summed E-state index contributed by atoms with van der Waals surface area (Å²) in [6.45, 7) is 6.47. The van der Waals surface area contributed by atoms with Crippen LogP contribution in [0.2, 0.25) is 0 Å². The molecule has 2 rings (SSSR count). The van der Waals surface area contributed by atoms with Crippen molar-refractivity contribution in [1.82, 2.24) is 4.90 Å². The van der Waals surface area contributed by atoms with Crippen molar-refractivity contribution in [2.75, 3.05) is 12.0 Å². The first-order chi connectivity index (χ1) is 12.1. The van der Waals surface area contributed by atoms with E-state index in [2.05, 4.69) is 30.0 Å². The molecule has 2 aromatic carbocycles. The van der Waals surface area contributed by atoms with Crippen LogP contribution in [0.5, 0.6) is 0 Å². The molecular weight excluding hydrogens is 334 g/mol. The van der Waals surface area contributed by atoms with Crippen LogP contribution in [0.4, 0.5) is 5.69 Å². The van der Waals surface area contributed by atoms with Crippen LogP contribution in [-0.2, 0) is 17.8 Å². The van der Waals surface area contributed by atoms with Gasteiger partial charge in [-0.15, -0.1) is 0 Å². The van der Waals surface area contributed by atoms with Gasteiger partial charge in [-0.05, 0) is 30.3 Å². The Labute approximate surface area is 153 Å². The van der Waals surface area contributed by atoms with E-state index in [0.29, 0.717) is 13.2 Å². The Bertz CT molecular complexity index is 744. The van der Waals surface area contributed by atoms with Gasteiger partial charge in [0.2, 0.25) is 0 Å². The molecule has 0 aliphatic rings. The first kappa shape index (κ1) is 18.7. The zero-order valence-corrected chi connectivity index (χ0v) is 15.0. The number of nitrogens with zero attached hydrogens (tertiary/aromatic N) is 2. The predicted molar refractivity (Wildman–Crippen MR) is 105 cm³/mol. The monoisotopic (exact) mass is 355 g/mol. The van der Waals surface area contributed by atoms with Crippen LogP contribution in [0.25, 0.3) is 0 Å². The molecule has 0 aromatic heterocycles. The minimum absolute atomic E-state index is 0.0384. The summed E-state index contributed by atoms with van der Waals surface area (Å²) in [5.41, 5.74) is 3.43. The molecule has 0 unspecified atom stereocenters. The molecule has 0 saturated heterocycles. The summed E-state index contributed by atoms with van der Waals surface area (Å²) in [4.78, 5) is 16.9. The van der Waals surface area contributed by atoms with E-state index in [4.69, 9.17) is 11.6 Å². The SMILES string of the molecule is C=NC(=O)/C(Cl)=C\N(CNc1ccccc1CC)Cc1ccccc1. The quantitative estimate of drug-likeness (QED) is 0.433. The van der Waals surface area contributed by atoms with Gasteiger partial charge in [0.05, 0.1) is 6.67 Å². The molecule has 0 bridgehead atoms. The van der Waals surface area contributed by atoms with Crippen LogP contribution < -0.4 is 5.32 Å². The van der Waals surface area contributed by atoms with Crippen molar-refractivity contribution in [2.45, 2.75) is 19.9 Å². The zero-order valence-electron chi connectivity index (χ0n) is 14.3. The number of nitrogens with one attached hydrogen (secondary N) is 1. The number of halogens is 1. The Morgan fingerprint density at radius 2 is 1.88 bits per heavy atom. The molecule has 1 amide bonds. The number of hydrogen-bond donors (Lipinski definition) is 1. The Morgan fingerprint density at radius 3 is 2.56 bits per heavy atom. The molecule has 0 aliphatic heterocycles. The lowest BCUT2D eigenvalue weighted by molar-refractivity contribution is -0.113. The van der Waals surface area contributed by atoms with E-state index in [0.717, 1.165) is 17.7 Å². The maximum Gasteiger partial charge on any atom is 0.289 e. The minimum Gasteiger partial charge on any atom is -0.368 e. The molecule has 0 heterocycles. The van der Waals surface area contributed by atoms with E-state index < -0.39 is 5.91 Å². The van der Waals surface area contributed by atoms with Crippen LogP contribution >= 0.6 is 11.6 Å². The lowest BCUT2D eigenvalue weighted by Gasteiger charge is -2.23. The number of benzene rings is 2. The van der Waals surface area contributed by atoms with Gasteiger partial charge in [0.1, 0.15) is 5.03 Å². The van der Waals surface area contributed by atoms with E-state index in [1.165, 1.54) is 5.56 Å². The number of rotatable bonds is 8. The largest absolute Gasteiger partial charge is 0.368 e. The minimum atomic E-state index is -0.534. The van der Waals surface area contributed by atoms with E-state index in [-0.39, 0.29) is 5.03 Å². The van der Waals surface area contributed by atoms with Gasteiger partial charge in [-0.3, -0.25) is 4.79 Å². The number of hydrogen-bond acceptors (Lipinski definition) is 3. The van der Waals surface area contributed by atoms with E-state index in [1.807, 2.05) is 53.4 Å². The third-order valence-corrected chi connectivity index (χ3v) is 4.00. The Kier molecular flexibility index (Phi) is 7.23. The van der Waals surface area contributed by atoms with Crippen molar-refractivity contribution in [3.8, 4) is 0 Å². The molecule has 4 nitrogen and oxygen atoms in total. The molecule has 0 radical (unpaired) electrons. The second-order valence-electron chi connectivity index (χ2n) is 5.52. The number of anilines is 1. The number of carbonyl (C=O) groups excluding carboxylic acids is 1.